The van der Waals surface area contributed by atoms with Gasteiger partial charge in [-0.1, -0.05) is 11.6 Å². The number of hydrogen-bond donors (Lipinski definition) is 1. The minimum absolute atomic E-state index is 0.0260. The molecule has 0 saturated carbocycles. The Labute approximate surface area is 133 Å². The van der Waals surface area contributed by atoms with Crippen LogP contribution >= 0.6 is 11.6 Å². The van der Waals surface area contributed by atoms with Crippen molar-refractivity contribution in [3.05, 3.63) is 58.1 Å². The third kappa shape index (κ3) is 4.15. The van der Waals surface area contributed by atoms with E-state index in [0.29, 0.717) is 10.7 Å². The minimum atomic E-state index is -1.77. The summed E-state index contributed by atoms with van der Waals surface area (Å²) in [6.45, 7) is 4.68. The monoisotopic (exact) mass is 326 g/mol. The van der Waals surface area contributed by atoms with Crippen molar-refractivity contribution in [3.63, 3.8) is 0 Å². The molecule has 0 bridgehead atoms. The van der Waals surface area contributed by atoms with Crippen LogP contribution in [0.4, 0.5) is 14.5 Å². The van der Waals surface area contributed by atoms with Crippen LogP contribution in [0.2, 0.25) is 5.02 Å². The average Bonchev–Trinajstić information content (AvgIpc) is 2.42. The number of halogens is 3. The van der Waals surface area contributed by atoms with Crippen LogP contribution in [0.1, 0.15) is 30.7 Å². The Morgan fingerprint density at radius 2 is 2.05 bits per heavy atom. The molecule has 22 heavy (non-hydrogen) atoms. The maximum Gasteiger partial charge on any atom is 0.133 e. The lowest BCUT2D eigenvalue weighted by Crippen LogP contribution is -2.13. The predicted octanol–water partition coefficient (Wildman–Crippen LogP) is 4.93. The van der Waals surface area contributed by atoms with E-state index in [4.69, 9.17) is 16.4 Å². The number of rotatable bonds is 5. The topological polar surface area (TPSA) is 34.1 Å². The SMILES string of the molecule is Cc1cc(Cl)cnc1CONc1ccc(F)c(C(C)(C)F)c1. The Bertz CT molecular complexity index is 672. The molecule has 0 saturated heterocycles. The van der Waals surface area contributed by atoms with Gasteiger partial charge in [0.15, 0.2) is 0 Å². The van der Waals surface area contributed by atoms with Gasteiger partial charge in [0, 0.05) is 11.8 Å². The van der Waals surface area contributed by atoms with Crippen LogP contribution in [-0.4, -0.2) is 4.98 Å². The number of nitrogens with zero attached hydrogens (tertiary/aromatic N) is 1. The average molecular weight is 327 g/mol. The number of aromatic nitrogens is 1. The summed E-state index contributed by atoms with van der Waals surface area (Å²) >= 11 is 5.83. The van der Waals surface area contributed by atoms with E-state index in [-0.39, 0.29) is 12.2 Å². The van der Waals surface area contributed by atoms with Crippen molar-refractivity contribution in [2.75, 3.05) is 5.48 Å². The van der Waals surface area contributed by atoms with Crippen LogP contribution in [0.25, 0.3) is 0 Å². The molecule has 1 aromatic carbocycles. The van der Waals surface area contributed by atoms with Crippen molar-refractivity contribution >= 4 is 17.3 Å². The standard InChI is InChI=1S/C16H17ClF2N2O/c1-10-6-11(17)8-20-15(10)9-22-21-12-4-5-14(18)13(7-12)16(2,3)19/h4-8,21H,9H2,1-3H3. The number of alkyl halides is 1. The van der Waals surface area contributed by atoms with Crippen molar-refractivity contribution in [1.82, 2.24) is 4.98 Å². The molecule has 0 aliphatic rings. The molecular formula is C16H17ClF2N2O. The Balaban J connectivity index is 2.03. The first-order valence-corrected chi connectivity index (χ1v) is 7.13. The molecule has 0 spiro atoms. The second kappa shape index (κ2) is 6.58. The van der Waals surface area contributed by atoms with Crippen LogP contribution in [0.5, 0.6) is 0 Å². The molecule has 3 nitrogen and oxygen atoms in total. The summed E-state index contributed by atoms with van der Waals surface area (Å²) in [4.78, 5) is 9.50. The normalized spacial score (nSPS) is 11.5. The van der Waals surface area contributed by atoms with Gasteiger partial charge in [-0.15, -0.1) is 0 Å². The molecule has 0 fully saturated rings. The fourth-order valence-corrected chi connectivity index (χ4v) is 2.16. The zero-order valence-corrected chi connectivity index (χ0v) is 13.3. The van der Waals surface area contributed by atoms with Crippen molar-refractivity contribution in [2.45, 2.75) is 33.0 Å². The molecule has 0 aliphatic carbocycles. The Hall–Kier alpha value is -1.72. The third-order valence-corrected chi connectivity index (χ3v) is 3.37. The lowest BCUT2D eigenvalue weighted by Gasteiger charge is -2.17. The summed E-state index contributed by atoms with van der Waals surface area (Å²) in [5.41, 5.74) is 2.97. The highest BCUT2D eigenvalue weighted by Gasteiger charge is 2.23. The van der Waals surface area contributed by atoms with E-state index in [2.05, 4.69) is 10.5 Å². The van der Waals surface area contributed by atoms with Crippen LogP contribution in [0, 0.1) is 12.7 Å². The molecule has 0 aliphatic heterocycles. The highest BCUT2D eigenvalue weighted by molar-refractivity contribution is 6.30. The van der Waals surface area contributed by atoms with E-state index in [9.17, 15) is 8.78 Å². The van der Waals surface area contributed by atoms with Crippen LogP contribution in [0.15, 0.2) is 30.5 Å². The van der Waals surface area contributed by atoms with Gasteiger partial charge in [0.2, 0.25) is 0 Å². The lowest BCUT2D eigenvalue weighted by atomic mass is 9.99. The van der Waals surface area contributed by atoms with Crippen molar-refractivity contribution < 1.29 is 13.6 Å². The van der Waals surface area contributed by atoms with Crippen LogP contribution < -0.4 is 5.48 Å². The summed E-state index contributed by atoms with van der Waals surface area (Å²) in [6.07, 6.45) is 1.54. The molecule has 118 valence electrons. The zero-order valence-electron chi connectivity index (χ0n) is 12.6. The minimum Gasteiger partial charge on any atom is -0.270 e. The predicted molar refractivity (Wildman–Crippen MR) is 82.9 cm³/mol. The maximum atomic E-state index is 13.9. The molecule has 2 aromatic rings. The fourth-order valence-electron chi connectivity index (χ4n) is 1.95. The first kappa shape index (κ1) is 16.6. The fraction of sp³-hybridized carbons (Fsp3) is 0.312. The van der Waals surface area contributed by atoms with E-state index in [1.807, 2.05) is 6.92 Å². The first-order chi connectivity index (χ1) is 10.3. The van der Waals surface area contributed by atoms with Crippen molar-refractivity contribution in [2.24, 2.45) is 0 Å². The summed E-state index contributed by atoms with van der Waals surface area (Å²) in [6, 6.07) is 5.85. The molecule has 0 amide bonds. The second-order valence-electron chi connectivity index (χ2n) is 5.47. The lowest BCUT2D eigenvalue weighted by molar-refractivity contribution is 0.176. The maximum absolute atomic E-state index is 13.9. The van der Waals surface area contributed by atoms with Crippen LogP contribution in [0.3, 0.4) is 0 Å². The van der Waals surface area contributed by atoms with E-state index < -0.39 is 11.5 Å². The largest absolute Gasteiger partial charge is 0.270 e. The van der Waals surface area contributed by atoms with Gasteiger partial charge in [0.1, 0.15) is 18.1 Å². The van der Waals surface area contributed by atoms with Gasteiger partial charge in [0.05, 0.1) is 16.4 Å². The van der Waals surface area contributed by atoms with Gasteiger partial charge >= 0.3 is 0 Å². The number of pyridine rings is 1. The van der Waals surface area contributed by atoms with E-state index >= 15 is 0 Å². The number of nitrogens with one attached hydrogen (secondary N) is 1. The third-order valence-electron chi connectivity index (χ3n) is 3.16. The van der Waals surface area contributed by atoms with E-state index in [1.165, 1.54) is 38.2 Å². The molecule has 0 radical (unpaired) electrons. The molecule has 0 atom stereocenters. The van der Waals surface area contributed by atoms with Crippen molar-refractivity contribution in [3.8, 4) is 0 Å². The number of anilines is 1. The van der Waals surface area contributed by atoms with Crippen molar-refractivity contribution in [1.29, 1.82) is 0 Å². The number of hydrogen-bond acceptors (Lipinski definition) is 3. The molecule has 1 aromatic heterocycles. The van der Waals surface area contributed by atoms with Gasteiger partial charge in [-0.3, -0.25) is 15.3 Å². The molecule has 1 N–H and O–H groups in total. The molecule has 2 rings (SSSR count). The second-order valence-corrected chi connectivity index (χ2v) is 5.91. The zero-order chi connectivity index (χ0) is 16.3. The Morgan fingerprint density at radius 3 is 2.68 bits per heavy atom. The smallest absolute Gasteiger partial charge is 0.133 e. The molecular weight excluding hydrogens is 310 g/mol. The van der Waals surface area contributed by atoms with E-state index in [1.54, 1.807) is 6.07 Å². The Morgan fingerprint density at radius 1 is 1.32 bits per heavy atom. The number of aryl methyl sites for hydroxylation is 1. The first-order valence-electron chi connectivity index (χ1n) is 6.75. The van der Waals surface area contributed by atoms with E-state index in [0.717, 1.165) is 11.3 Å². The molecule has 0 unspecified atom stereocenters. The highest BCUT2D eigenvalue weighted by Crippen LogP contribution is 2.29. The van der Waals surface area contributed by atoms with Gasteiger partial charge in [-0.05, 0) is 50.6 Å². The number of benzene rings is 1. The van der Waals surface area contributed by atoms with Crippen LogP contribution in [-0.2, 0) is 17.1 Å². The van der Waals surface area contributed by atoms with Gasteiger partial charge in [-0.25, -0.2) is 8.78 Å². The molecule has 1 heterocycles. The summed E-state index contributed by atoms with van der Waals surface area (Å²) in [5, 5.41) is 0.558. The van der Waals surface area contributed by atoms with Gasteiger partial charge in [0.25, 0.3) is 0 Å². The quantitative estimate of drug-likeness (QED) is 0.791. The Kier molecular flexibility index (Phi) is 4.98. The summed E-state index contributed by atoms with van der Waals surface area (Å²) in [5.74, 6) is -0.590. The molecule has 6 heteroatoms. The van der Waals surface area contributed by atoms with Gasteiger partial charge in [-0.2, -0.15) is 0 Å². The summed E-state index contributed by atoms with van der Waals surface area (Å²) < 4.78 is 27.5. The van der Waals surface area contributed by atoms with Gasteiger partial charge < -0.3 is 0 Å². The highest BCUT2D eigenvalue weighted by atomic mass is 35.5. The summed E-state index contributed by atoms with van der Waals surface area (Å²) in [7, 11) is 0.